The number of nitrogen functional groups attached to an aromatic ring is 1. The summed E-state index contributed by atoms with van der Waals surface area (Å²) in [4.78, 5) is 13.6. The minimum atomic E-state index is -0.0578. The van der Waals surface area contributed by atoms with Crippen LogP contribution >= 0.6 is 0 Å². The molecule has 0 aliphatic heterocycles. The van der Waals surface area contributed by atoms with E-state index in [1.807, 2.05) is 18.9 Å². The van der Waals surface area contributed by atoms with Gasteiger partial charge in [-0.15, -0.1) is 0 Å². The second-order valence-corrected chi connectivity index (χ2v) is 4.44. The quantitative estimate of drug-likeness (QED) is 0.657. The minimum absolute atomic E-state index is 0.0578. The molecule has 0 heterocycles. The van der Waals surface area contributed by atoms with Gasteiger partial charge in [0.2, 0.25) is 5.91 Å². The highest BCUT2D eigenvalue weighted by molar-refractivity contribution is 5.91. The molecular formula is C13H21N3O2. The number of hydrogen-bond acceptors (Lipinski definition) is 4. The highest BCUT2D eigenvalue weighted by Crippen LogP contribution is 2.12. The number of aliphatic hydroxyl groups is 1. The Bertz CT molecular complexity index is 396. The van der Waals surface area contributed by atoms with E-state index < -0.39 is 0 Å². The number of carbonyl (C=O) groups excluding carboxylic acids is 1. The number of nitrogens with one attached hydrogen (secondary N) is 1. The second-order valence-electron chi connectivity index (χ2n) is 4.44. The van der Waals surface area contributed by atoms with Gasteiger partial charge in [0, 0.05) is 30.4 Å². The number of hydrogen-bond donors (Lipinski definition) is 3. The molecule has 1 aromatic rings. The summed E-state index contributed by atoms with van der Waals surface area (Å²) in [7, 11) is 1.88. The number of rotatable bonds is 6. The van der Waals surface area contributed by atoms with Gasteiger partial charge in [0.25, 0.3) is 0 Å². The maximum Gasteiger partial charge on any atom is 0.225 e. The first-order chi connectivity index (χ1) is 8.52. The highest BCUT2D eigenvalue weighted by atomic mass is 16.3. The molecular weight excluding hydrogens is 230 g/mol. The number of anilines is 2. The zero-order chi connectivity index (χ0) is 13.5. The summed E-state index contributed by atoms with van der Waals surface area (Å²) in [5.74, 6) is -0.0578. The van der Waals surface area contributed by atoms with E-state index in [4.69, 9.17) is 10.8 Å². The lowest BCUT2D eigenvalue weighted by molar-refractivity contribution is -0.116. The first-order valence-corrected chi connectivity index (χ1v) is 5.99. The Kier molecular flexibility index (Phi) is 5.61. The fourth-order valence-electron chi connectivity index (χ4n) is 1.48. The monoisotopic (exact) mass is 251 g/mol. The molecule has 0 radical (unpaired) electrons. The molecule has 100 valence electrons. The summed E-state index contributed by atoms with van der Waals surface area (Å²) in [6.07, 6.45) is 0.385. The molecule has 5 heteroatoms. The van der Waals surface area contributed by atoms with Gasteiger partial charge in [-0.1, -0.05) is 6.07 Å². The van der Waals surface area contributed by atoms with Crippen LogP contribution in [0.25, 0.3) is 0 Å². The SMILES string of the molecule is CC(CO)N(C)CCC(=O)Nc1cccc(N)c1. The summed E-state index contributed by atoms with van der Waals surface area (Å²) in [6, 6.07) is 7.15. The summed E-state index contributed by atoms with van der Waals surface area (Å²) in [6.45, 7) is 2.61. The third-order valence-electron chi connectivity index (χ3n) is 2.88. The van der Waals surface area contributed by atoms with Crippen molar-refractivity contribution in [2.75, 3.05) is 31.2 Å². The number of benzene rings is 1. The number of aliphatic hydroxyl groups excluding tert-OH is 1. The third kappa shape index (κ3) is 4.73. The van der Waals surface area contributed by atoms with Crippen molar-refractivity contribution in [3.05, 3.63) is 24.3 Å². The van der Waals surface area contributed by atoms with E-state index in [1.165, 1.54) is 0 Å². The van der Waals surface area contributed by atoms with E-state index in [1.54, 1.807) is 24.3 Å². The molecule has 1 unspecified atom stereocenters. The third-order valence-corrected chi connectivity index (χ3v) is 2.88. The van der Waals surface area contributed by atoms with Crippen LogP contribution in [0, 0.1) is 0 Å². The predicted molar refractivity (Wildman–Crippen MR) is 73.3 cm³/mol. The number of carbonyl (C=O) groups is 1. The van der Waals surface area contributed by atoms with Crippen molar-refractivity contribution in [1.82, 2.24) is 4.90 Å². The average molecular weight is 251 g/mol. The van der Waals surface area contributed by atoms with Crippen LogP contribution < -0.4 is 11.1 Å². The molecule has 0 saturated heterocycles. The van der Waals surface area contributed by atoms with Crippen LogP contribution in [-0.2, 0) is 4.79 Å². The van der Waals surface area contributed by atoms with Crippen LogP contribution in [0.1, 0.15) is 13.3 Å². The molecule has 0 aromatic heterocycles. The minimum Gasteiger partial charge on any atom is -0.399 e. The maximum absolute atomic E-state index is 11.7. The predicted octanol–water partition coefficient (Wildman–Crippen LogP) is 0.910. The Balaban J connectivity index is 2.38. The van der Waals surface area contributed by atoms with Gasteiger partial charge in [0.15, 0.2) is 0 Å². The van der Waals surface area contributed by atoms with Crippen molar-refractivity contribution in [3.8, 4) is 0 Å². The largest absolute Gasteiger partial charge is 0.399 e. The van der Waals surface area contributed by atoms with E-state index in [-0.39, 0.29) is 18.6 Å². The first-order valence-electron chi connectivity index (χ1n) is 5.99. The van der Waals surface area contributed by atoms with E-state index in [0.717, 1.165) is 0 Å². The Morgan fingerprint density at radius 2 is 2.28 bits per heavy atom. The Labute approximate surface area is 108 Å². The molecule has 18 heavy (non-hydrogen) atoms. The van der Waals surface area contributed by atoms with Gasteiger partial charge in [-0.3, -0.25) is 4.79 Å². The number of nitrogens with two attached hydrogens (primary N) is 1. The van der Waals surface area contributed by atoms with Gasteiger partial charge >= 0.3 is 0 Å². The van der Waals surface area contributed by atoms with Crippen molar-refractivity contribution in [2.24, 2.45) is 0 Å². The van der Waals surface area contributed by atoms with Gasteiger partial charge in [0.1, 0.15) is 0 Å². The molecule has 1 rings (SSSR count). The van der Waals surface area contributed by atoms with E-state index >= 15 is 0 Å². The molecule has 4 N–H and O–H groups in total. The number of nitrogens with zero attached hydrogens (tertiary/aromatic N) is 1. The van der Waals surface area contributed by atoms with Crippen LogP contribution in [0.5, 0.6) is 0 Å². The van der Waals surface area contributed by atoms with Gasteiger partial charge in [-0.2, -0.15) is 0 Å². The summed E-state index contributed by atoms with van der Waals surface area (Å²) >= 11 is 0. The molecule has 0 saturated carbocycles. The molecule has 0 bridgehead atoms. The zero-order valence-electron chi connectivity index (χ0n) is 10.9. The topological polar surface area (TPSA) is 78.6 Å². The standard InChI is InChI=1S/C13H21N3O2/c1-10(9-17)16(2)7-6-13(18)15-12-5-3-4-11(14)8-12/h3-5,8,10,17H,6-7,9,14H2,1-2H3,(H,15,18). The van der Waals surface area contributed by atoms with Gasteiger partial charge < -0.3 is 21.1 Å². The maximum atomic E-state index is 11.7. The van der Waals surface area contributed by atoms with Crippen LogP contribution in [0.4, 0.5) is 11.4 Å². The van der Waals surface area contributed by atoms with E-state index in [2.05, 4.69) is 5.32 Å². The number of likely N-dealkylation sites (N-methyl/N-ethyl adjacent to an activating group) is 1. The van der Waals surface area contributed by atoms with E-state index in [0.29, 0.717) is 24.3 Å². The van der Waals surface area contributed by atoms with Crippen LogP contribution in [0.2, 0.25) is 0 Å². The molecule has 5 nitrogen and oxygen atoms in total. The van der Waals surface area contributed by atoms with Gasteiger partial charge in [0.05, 0.1) is 6.61 Å². The molecule has 0 aliphatic carbocycles. The van der Waals surface area contributed by atoms with Gasteiger partial charge in [-0.25, -0.2) is 0 Å². The lowest BCUT2D eigenvalue weighted by Gasteiger charge is -2.22. The molecule has 1 aromatic carbocycles. The highest BCUT2D eigenvalue weighted by Gasteiger charge is 2.10. The average Bonchev–Trinajstić information content (AvgIpc) is 2.35. The van der Waals surface area contributed by atoms with Crippen molar-refractivity contribution in [1.29, 1.82) is 0 Å². The molecule has 0 spiro atoms. The second kappa shape index (κ2) is 6.98. The summed E-state index contributed by atoms with van der Waals surface area (Å²) < 4.78 is 0. The zero-order valence-corrected chi connectivity index (χ0v) is 10.9. The van der Waals surface area contributed by atoms with Crippen LogP contribution in [0.15, 0.2) is 24.3 Å². The van der Waals surface area contributed by atoms with E-state index in [9.17, 15) is 4.79 Å². The Morgan fingerprint density at radius 1 is 1.56 bits per heavy atom. The fraction of sp³-hybridized carbons (Fsp3) is 0.462. The van der Waals surface area contributed by atoms with Crippen molar-refractivity contribution in [3.63, 3.8) is 0 Å². The summed E-state index contributed by atoms with van der Waals surface area (Å²) in [5, 5.41) is 11.8. The summed E-state index contributed by atoms with van der Waals surface area (Å²) in [5.41, 5.74) is 6.96. The normalized spacial score (nSPS) is 12.4. The molecule has 1 amide bonds. The first kappa shape index (κ1) is 14.5. The van der Waals surface area contributed by atoms with Crippen molar-refractivity contribution < 1.29 is 9.90 Å². The molecule has 0 fully saturated rings. The number of amides is 1. The smallest absolute Gasteiger partial charge is 0.225 e. The lowest BCUT2D eigenvalue weighted by atomic mass is 10.2. The molecule has 0 aliphatic rings. The van der Waals surface area contributed by atoms with Crippen molar-refractivity contribution in [2.45, 2.75) is 19.4 Å². The van der Waals surface area contributed by atoms with Crippen LogP contribution in [-0.4, -0.2) is 42.2 Å². The van der Waals surface area contributed by atoms with Gasteiger partial charge in [-0.05, 0) is 32.2 Å². The lowest BCUT2D eigenvalue weighted by Crippen LogP contribution is -2.34. The van der Waals surface area contributed by atoms with Crippen molar-refractivity contribution >= 4 is 17.3 Å². The Hall–Kier alpha value is -1.59. The fourth-order valence-corrected chi connectivity index (χ4v) is 1.48. The Morgan fingerprint density at radius 3 is 2.89 bits per heavy atom. The van der Waals surface area contributed by atoms with Crippen LogP contribution in [0.3, 0.4) is 0 Å². The molecule has 1 atom stereocenters.